The van der Waals surface area contributed by atoms with Gasteiger partial charge in [-0.25, -0.2) is 0 Å². The predicted molar refractivity (Wildman–Crippen MR) is 106 cm³/mol. The molecule has 144 valence electrons. The summed E-state index contributed by atoms with van der Waals surface area (Å²) in [6.07, 6.45) is 5.11. The lowest BCUT2D eigenvalue weighted by atomic mass is 10.2. The first-order chi connectivity index (χ1) is 12.6. The molecule has 1 aromatic rings. The van der Waals surface area contributed by atoms with Gasteiger partial charge in [0.2, 0.25) is 5.91 Å². The standard InChI is InChI=1S/C19H29ClN4O2/c1-21-19(22-12-11-18(25)23-16-5-3-4-6-16)24(2)13-14-26-17-9-7-15(20)8-10-17/h7-10,16H,3-6,11-14H2,1-2H3,(H,21,22)(H,23,25). The lowest BCUT2D eigenvalue weighted by Gasteiger charge is -2.22. The second-order valence-electron chi connectivity index (χ2n) is 6.50. The Labute approximate surface area is 161 Å². The molecule has 1 amide bonds. The maximum absolute atomic E-state index is 12.0. The molecule has 0 aromatic heterocycles. The average Bonchev–Trinajstić information content (AvgIpc) is 3.13. The minimum absolute atomic E-state index is 0.105. The number of carbonyl (C=O) groups excluding carboxylic acids is 1. The number of benzene rings is 1. The molecule has 1 fully saturated rings. The second-order valence-corrected chi connectivity index (χ2v) is 6.93. The number of nitrogens with zero attached hydrogens (tertiary/aromatic N) is 2. The SMILES string of the molecule is CN=C(NCCC(=O)NC1CCCC1)N(C)CCOc1ccc(Cl)cc1. The Balaban J connectivity index is 1.63. The second kappa shape index (κ2) is 10.9. The largest absolute Gasteiger partial charge is 0.492 e. The smallest absolute Gasteiger partial charge is 0.221 e. The van der Waals surface area contributed by atoms with Crippen molar-refractivity contribution in [3.8, 4) is 5.75 Å². The molecule has 0 aliphatic heterocycles. The van der Waals surface area contributed by atoms with Gasteiger partial charge in [0.15, 0.2) is 5.96 Å². The highest BCUT2D eigenvalue weighted by Gasteiger charge is 2.16. The van der Waals surface area contributed by atoms with E-state index in [0.717, 1.165) is 24.6 Å². The van der Waals surface area contributed by atoms with Gasteiger partial charge in [0, 0.05) is 38.1 Å². The molecule has 0 radical (unpaired) electrons. The monoisotopic (exact) mass is 380 g/mol. The number of rotatable bonds is 8. The van der Waals surface area contributed by atoms with Crippen molar-refractivity contribution in [3.63, 3.8) is 0 Å². The van der Waals surface area contributed by atoms with E-state index in [1.165, 1.54) is 12.8 Å². The van der Waals surface area contributed by atoms with Crippen molar-refractivity contribution in [3.05, 3.63) is 29.3 Å². The van der Waals surface area contributed by atoms with Gasteiger partial charge < -0.3 is 20.3 Å². The number of hydrogen-bond acceptors (Lipinski definition) is 3. The third-order valence-electron chi connectivity index (χ3n) is 4.44. The van der Waals surface area contributed by atoms with Crippen LogP contribution in [0.5, 0.6) is 5.75 Å². The number of likely N-dealkylation sites (N-methyl/N-ethyl adjacent to an activating group) is 1. The van der Waals surface area contributed by atoms with Crippen molar-refractivity contribution in [2.24, 2.45) is 4.99 Å². The van der Waals surface area contributed by atoms with Crippen molar-refractivity contribution < 1.29 is 9.53 Å². The lowest BCUT2D eigenvalue weighted by molar-refractivity contribution is -0.121. The van der Waals surface area contributed by atoms with Gasteiger partial charge in [0.1, 0.15) is 12.4 Å². The highest BCUT2D eigenvalue weighted by molar-refractivity contribution is 6.30. The number of ether oxygens (including phenoxy) is 1. The summed E-state index contributed by atoms with van der Waals surface area (Å²) >= 11 is 5.86. The van der Waals surface area contributed by atoms with Gasteiger partial charge in [0.05, 0.1) is 6.54 Å². The van der Waals surface area contributed by atoms with E-state index in [9.17, 15) is 4.79 Å². The fraction of sp³-hybridized carbons (Fsp3) is 0.579. The maximum atomic E-state index is 12.0. The van der Waals surface area contributed by atoms with Crippen molar-refractivity contribution in [1.29, 1.82) is 0 Å². The zero-order valence-electron chi connectivity index (χ0n) is 15.6. The Morgan fingerprint density at radius 1 is 1.31 bits per heavy atom. The first-order valence-electron chi connectivity index (χ1n) is 9.18. The lowest BCUT2D eigenvalue weighted by Crippen LogP contribution is -2.42. The van der Waals surface area contributed by atoms with Crippen LogP contribution in [0.3, 0.4) is 0 Å². The van der Waals surface area contributed by atoms with Gasteiger partial charge in [-0.1, -0.05) is 24.4 Å². The van der Waals surface area contributed by atoms with Crippen LogP contribution in [0.4, 0.5) is 0 Å². The molecule has 1 aliphatic rings. The third kappa shape index (κ3) is 7.12. The number of amides is 1. The van der Waals surface area contributed by atoms with Crippen LogP contribution < -0.4 is 15.4 Å². The van der Waals surface area contributed by atoms with Gasteiger partial charge in [-0.3, -0.25) is 9.79 Å². The number of guanidine groups is 1. The quantitative estimate of drug-likeness (QED) is 0.537. The molecular formula is C19H29ClN4O2. The molecule has 0 saturated heterocycles. The molecular weight excluding hydrogens is 352 g/mol. The molecule has 1 aromatic carbocycles. The van der Waals surface area contributed by atoms with E-state index in [1.54, 1.807) is 19.2 Å². The Morgan fingerprint density at radius 3 is 2.65 bits per heavy atom. The van der Waals surface area contributed by atoms with Crippen LogP contribution in [-0.4, -0.2) is 56.6 Å². The molecule has 7 heteroatoms. The minimum Gasteiger partial charge on any atom is -0.492 e. The molecule has 0 heterocycles. The number of halogens is 1. The summed E-state index contributed by atoms with van der Waals surface area (Å²) in [7, 11) is 3.68. The normalized spacial score (nSPS) is 15.0. The van der Waals surface area contributed by atoms with Crippen LogP contribution in [-0.2, 0) is 4.79 Å². The first-order valence-corrected chi connectivity index (χ1v) is 9.56. The Bertz CT molecular complexity index is 586. The summed E-state index contributed by atoms with van der Waals surface area (Å²) in [6, 6.07) is 7.67. The summed E-state index contributed by atoms with van der Waals surface area (Å²) in [5, 5.41) is 7.01. The third-order valence-corrected chi connectivity index (χ3v) is 4.69. The van der Waals surface area contributed by atoms with Crippen LogP contribution in [0.25, 0.3) is 0 Å². The zero-order chi connectivity index (χ0) is 18.8. The van der Waals surface area contributed by atoms with E-state index >= 15 is 0 Å². The molecule has 0 unspecified atom stereocenters. The van der Waals surface area contributed by atoms with E-state index in [-0.39, 0.29) is 5.91 Å². The molecule has 6 nitrogen and oxygen atoms in total. The van der Waals surface area contributed by atoms with Gasteiger partial charge in [-0.15, -0.1) is 0 Å². The Morgan fingerprint density at radius 2 is 2.00 bits per heavy atom. The summed E-state index contributed by atoms with van der Waals surface area (Å²) < 4.78 is 5.70. The number of carbonyl (C=O) groups is 1. The molecule has 26 heavy (non-hydrogen) atoms. The molecule has 2 rings (SSSR count). The fourth-order valence-electron chi connectivity index (χ4n) is 2.98. The first kappa shape index (κ1) is 20.4. The summed E-state index contributed by atoms with van der Waals surface area (Å²) in [5.41, 5.74) is 0. The molecule has 0 atom stereocenters. The highest BCUT2D eigenvalue weighted by atomic mass is 35.5. The van der Waals surface area contributed by atoms with Crippen LogP contribution in [0, 0.1) is 0 Å². The van der Waals surface area contributed by atoms with Crippen molar-refractivity contribution >= 4 is 23.5 Å². The molecule has 1 aliphatic carbocycles. The van der Waals surface area contributed by atoms with E-state index in [0.29, 0.717) is 37.2 Å². The topological polar surface area (TPSA) is 66.0 Å². The summed E-state index contributed by atoms with van der Waals surface area (Å²) in [5.74, 6) is 1.64. The summed E-state index contributed by atoms with van der Waals surface area (Å²) in [4.78, 5) is 18.2. The molecule has 0 spiro atoms. The molecule has 2 N–H and O–H groups in total. The van der Waals surface area contributed by atoms with Gasteiger partial charge in [-0.2, -0.15) is 0 Å². The van der Waals surface area contributed by atoms with E-state index in [4.69, 9.17) is 16.3 Å². The number of nitrogens with one attached hydrogen (secondary N) is 2. The average molecular weight is 381 g/mol. The Hall–Kier alpha value is -1.95. The van der Waals surface area contributed by atoms with E-state index < -0.39 is 0 Å². The maximum Gasteiger partial charge on any atom is 0.221 e. The van der Waals surface area contributed by atoms with Crippen molar-refractivity contribution in [2.75, 3.05) is 33.8 Å². The fourth-order valence-corrected chi connectivity index (χ4v) is 3.11. The van der Waals surface area contributed by atoms with Gasteiger partial charge in [0.25, 0.3) is 0 Å². The zero-order valence-corrected chi connectivity index (χ0v) is 16.4. The van der Waals surface area contributed by atoms with Crippen molar-refractivity contribution in [2.45, 2.75) is 38.1 Å². The molecule has 1 saturated carbocycles. The highest BCUT2D eigenvalue weighted by Crippen LogP contribution is 2.17. The van der Waals surface area contributed by atoms with Crippen LogP contribution in [0.15, 0.2) is 29.3 Å². The number of aliphatic imine (C=N–C) groups is 1. The predicted octanol–water partition coefficient (Wildman–Crippen LogP) is 2.67. The van der Waals surface area contributed by atoms with Gasteiger partial charge >= 0.3 is 0 Å². The van der Waals surface area contributed by atoms with Crippen LogP contribution in [0.1, 0.15) is 32.1 Å². The van der Waals surface area contributed by atoms with Crippen molar-refractivity contribution in [1.82, 2.24) is 15.5 Å². The van der Waals surface area contributed by atoms with Gasteiger partial charge in [-0.05, 0) is 37.1 Å². The van der Waals surface area contributed by atoms with E-state index in [2.05, 4.69) is 15.6 Å². The molecule has 0 bridgehead atoms. The minimum atomic E-state index is 0.105. The van der Waals surface area contributed by atoms with Crippen LogP contribution >= 0.6 is 11.6 Å². The van der Waals surface area contributed by atoms with Crippen LogP contribution in [0.2, 0.25) is 5.02 Å². The Kier molecular flexibility index (Phi) is 8.54. The summed E-state index contributed by atoms with van der Waals surface area (Å²) in [6.45, 7) is 1.77. The van der Waals surface area contributed by atoms with E-state index in [1.807, 2.05) is 24.1 Å². The number of hydrogen-bond donors (Lipinski definition) is 2.